The third-order valence-corrected chi connectivity index (χ3v) is 6.72. The maximum atomic E-state index is 13.3. The van der Waals surface area contributed by atoms with Gasteiger partial charge in [0, 0.05) is 26.0 Å². The zero-order valence-electron chi connectivity index (χ0n) is 19.1. The topological polar surface area (TPSA) is 75.9 Å². The molecule has 1 amide bonds. The summed E-state index contributed by atoms with van der Waals surface area (Å²) in [5, 5.41) is 3.25. The van der Waals surface area contributed by atoms with Crippen molar-refractivity contribution in [2.24, 2.45) is 0 Å². The summed E-state index contributed by atoms with van der Waals surface area (Å²) in [6, 6.07) is 13.4. The number of thioether (sulfide) groups is 1. The van der Waals surface area contributed by atoms with E-state index in [0.717, 1.165) is 17.5 Å². The fourth-order valence-electron chi connectivity index (χ4n) is 3.54. The molecule has 9 heteroatoms. The lowest BCUT2D eigenvalue weighted by molar-refractivity contribution is -0.122. The number of rotatable bonds is 9. The summed E-state index contributed by atoms with van der Waals surface area (Å²) in [4.78, 5) is 33.1. The summed E-state index contributed by atoms with van der Waals surface area (Å²) in [6.07, 6.45) is 4.04. The number of carbonyl (C=O) groups is 1. The smallest absolute Gasteiger partial charge is 0.267 e. The Hall–Kier alpha value is -3.01. The highest BCUT2D eigenvalue weighted by atomic mass is 32.2. The first-order valence-electron chi connectivity index (χ1n) is 11.1. The minimum Gasteiger partial charge on any atom is -0.382 e. The standard InChI is InChI=1S/C25H26N4O3S2/c1-3-32-14-6-12-26-22-19(23(30)28-13-5-4-7-21(28)27-22)15-20-24(31)29(25(33)34-20)16-18-10-8-17(2)9-11-18/h4-5,7-11,13,15,26H,3,6,12,14,16H2,1-2H3. The normalized spacial score (nSPS) is 15.0. The number of aryl methyl sites for hydroxylation is 1. The number of amides is 1. The molecule has 2 aromatic heterocycles. The number of nitrogens with one attached hydrogen (secondary N) is 1. The van der Waals surface area contributed by atoms with Crippen LogP contribution in [0.1, 0.15) is 30.0 Å². The first kappa shape index (κ1) is 24.1. The van der Waals surface area contributed by atoms with Gasteiger partial charge in [-0.15, -0.1) is 0 Å². The zero-order chi connectivity index (χ0) is 24.1. The second kappa shape index (κ2) is 10.9. The fraction of sp³-hybridized carbons (Fsp3) is 0.280. The van der Waals surface area contributed by atoms with E-state index >= 15 is 0 Å². The van der Waals surface area contributed by atoms with Crippen LogP contribution in [-0.2, 0) is 16.1 Å². The van der Waals surface area contributed by atoms with Crippen LogP contribution < -0.4 is 10.9 Å². The second-order valence-corrected chi connectivity index (χ2v) is 9.51. The summed E-state index contributed by atoms with van der Waals surface area (Å²) >= 11 is 6.69. The van der Waals surface area contributed by atoms with Crippen LogP contribution in [0.15, 0.2) is 58.4 Å². The van der Waals surface area contributed by atoms with Gasteiger partial charge in [0.15, 0.2) is 0 Å². The number of carbonyl (C=O) groups excluding carboxylic acids is 1. The Labute approximate surface area is 207 Å². The third-order valence-electron chi connectivity index (χ3n) is 5.34. The molecule has 176 valence electrons. The molecule has 0 spiro atoms. The van der Waals surface area contributed by atoms with Gasteiger partial charge in [-0.25, -0.2) is 4.98 Å². The molecule has 0 unspecified atom stereocenters. The average Bonchev–Trinajstić information content (AvgIpc) is 3.10. The maximum Gasteiger partial charge on any atom is 0.267 e. The number of hydrogen-bond acceptors (Lipinski definition) is 7. The number of ether oxygens (including phenoxy) is 1. The Morgan fingerprint density at radius 3 is 2.74 bits per heavy atom. The van der Waals surface area contributed by atoms with Crippen molar-refractivity contribution in [3.05, 3.63) is 80.6 Å². The lowest BCUT2D eigenvalue weighted by atomic mass is 10.1. The van der Waals surface area contributed by atoms with Crippen LogP contribution in [0.3, 0.4) is 0 Å². The van der Waals surface area contributed by atoms with Gasteiger partial charge < -0.3 is 10.1 Å². The van der Waals surface area contributed by atoms with Gasteiger partial charge in [-0.3, -0.25) is 18.9 Å². The van der Waals surface area contributed by atoms with E-state index in [9.17, 15) is 9.59 Å². The highest BCUT2D eigenvalue weighted by Gasteiger charge is 2.32. The molecule has 4 rings (SSSR count). The van der Waals surface area contributed by atoms with Crippen molar-refractivity contribution in [3.8, 4) is 0 Å². The highest BCUT2D eigenvalue weighted by molar-refractivity contribution is 8.26. The van der Waals surface area contributed by atoms with Gasteiger partial charge >= 0.3 is 0 Å². The van der Waals surface area contributed by atoms with Crippen molar-refractivity contribution < 1.29 is 9.53 Å². The lowest BCUT2D eigenvalue weighted by Gasteiger charge is -2.14. The molecular formula is C25H26N4O3S2. The molecule has 0 aliphatic carbocycles. The lowest BCUT2D eigenvalue weighted by Crippen LogP contribution is -2.27. The third kappa shape index (κ3) is 5.38. The number of fused-ring (bicyclic) bond motifs is 1. The summed E-state index contributed by atoms with van der Waals surface area (Å²) < 4.78 is 7.34. The molecule has 0 saturated carbocycles. The molecule has 3 aromatic rings. The maximum absolute atomic E-state index is 13.3. The van der Waals surface area contributed by atoms with Gasteiger partial charge in [0.2, 0.25) is 0 Å². The molecule has 1 aromatic carbocycles. The Morgan fingerprint density at radius 1 is 1.18 bits per heavy atom. The summed E-state index contributed by atoms with van der Waals surface area (Å²) in [6.45, 7) is 6.22. The Balaban J connectivity index is 1.64. The van der Waals surface area contributed by atoms with Crippen LogP contribution in [0.4, 0.5) is 5.82 Å². The molecule has 1 fully saturated rings. The second-order valence-electron chi connectivity index (χ2n) is 7.84. The molecule has 1 aliphatic heterocycles. The molecule has 1 saturated heterocycles. The predicted molar refractivity (Wildman–Crippen MR) is 141 cm³/mol. The molecule has 0 atom stereocenters. The number of thiocarbonyl (C=S) groups is 1. The summed E-state index contributed by atoms with van der Waals surface area (Å²) in [5.74, 6) is 0.229. The monoisotopic (exact) mass is 494 g/mol. The van der Waals surface area contributed by atoms with Crippen molar-refractivity contribution in [3.63, 3.8) is 0 Å². The van der Waals surface area contributed by atoms with Crippen molar-refractivity contribution in [2.45, 2.75) is 26.8 Å². The van der Waals surface area contributed by atoms with Crippen molar-refractivity contribution in [1.82, 2.24) is 14.3 Å². The van der Waals surface area contributed by atoms with Crippen molar-refractivity contribution >= 4 is 51.7 Å². The minimum absolute atomic E-state index is 0.213. The number of anilines is 1. The molecule has 0 radical (unpaired) electrons. The molecule has 34 heavy (non-hydrogen) atoms. The Kier molecular flexibility index (Phi) is 7.77. The van der Waals surface area contributed by atoms with E-state index < -0.39 is 0 Å². The van der Waals surface area contributed by atoms with E-state index in [1.165, 1.54) is 16.2 Å². The molecule has 3 heterocycles. The number of nitrogens with zero attached hydrogens (tertiary/aromatic N) is 3. The first-order chi connectivity index (χ1) is 16.5. The van der Waals surface area contributed by atoms with Crippen molar-refractivity contribution in [1.29, 1.82) is 0 Å². The van der Waals surface area contributed by atoms with Gasteiger partial charge in [-0.1, -0.05) is 59.9 Å². The van der Waals surface area contributed by atoms with Crippen molar-refractivity contribution in [2.75, 3.05) is 25.1 Å². The SMILES string of the molecule is CCOCCCNc1nc2ccccn2c(=O)c1C=C1SC(=S)N(Cc2ccc(C)cc2)C1=O. The zero-order valence-corrected chi connectivity index (χ0v) is 20.7. The van der Waals surface area contributed by atoms with Gasteiger partial charge in [0.25, 0.3) is 11.5 Å². The number of hydrogen-bond donors (Lipinski definition) is 1. The minimum atomic E-state index is -0.248. The number of pyridine rings is 1. The van der Waals surface area contributed by atoms with E-state index in [2.05, 4.69) is 10.3 Å². The van der Waals surface area contributed by atoms with Crippen LogP contribution in [0.25, 0.3) is 11.7 Å². The largest absolute Gasteiger partial charge is 0.382 e. The first-order valence-corrected chi connectivity index (χ1v) is 12.3. The van der Waals surface area contributed by atoms with Crippen LogP contribution in [-0.4, -0.2) is 44.3 Å². The van der Waals surface area contributed by atoms with E-state index in [4.69, 9.17) is 17.0 Å². The highest BCUT2D eigenvalue weighted by Crippen LogP contribution is 2.34. The average molecular weight is 495 g/mol. The summed E-state index contributed by atoms with van der Waals surface area (Å²) in [7, 11) is 0. The molecule has 0 bridgehead atoms. The molecule has 1 aliphatic rings. The van der Waals surface area contributed by atoms with E-state index in [1.807, 2.05) is 44.2 Å². The van der Waals surface area contributed by atoms with Gasteiger partial charge in [-0.2, -0.15) is 0 Å². The number of benzene rings is 1. The van der Waals surface area contributed by atoms with Crippen LogP contribution in [0.5, 0.6) is 0 Å². The van der Waals surface area contributed by atoms with Gasteiger partial charge in [0.1, 0.15) is 15.8 Å². The molecule has 7 nitrogen and oxygen atoms in total. The van der Waals surface area contributed by atoms with Crippen LogP contribution >= 0.6 is 24.0 Å². The predicted octanol–water partition coefficient (Wildman–Crippen LogP) is 4.24. The van der Waals surface area contributed by atoms with Gasteiger partial charge in [-0.05, 0) is 44.0 Å². The Bertz CT molecular complexity index is 1300. The van der Waals surface area contributed by atoms with Gasteiger partial charge in [0.05, 0.1) is 17.0 Å². The summed E-state index contributed by atoms with van der Waals surface area (Å²) in [5.41, 5.74) is 2.76. The molecule has 1 N–H and O–H groups in total. The Morgan fingerprint density at radius 2 is 1.97 bits per heavy atom. The molecular weight excluding hydrogens is 468 g/mol. The fourth-order valence-corrected chi connectivity index (χ4v) is 4.77. The van der Waals surface area contributed by atoms with E-state index in [0.29, 0.717) is 52.6 Å². The quantitative estimate of drug-likeness (QED) is 0.271. The van der Waals surface area contributed by atoms with Crippen LogP contribution in [0, 0.1) is 6.92 Å². The van der Waals surface area contributed by atoms with E-state index in [-0.39, 0.29) is 11.5 Å². The van der Waals surface area contributed by atoms with Crippen LogP contribution in [0.2, 0.25) is 0 Å². The number of aromatic nitrogens is 2. The van der Waals surface area contributed by atoms with E-state index in [1.54, 1.807) is 29.3 Å².